The van der Waals surface area contributed by atoms with E-state index in [-0.39, 0.29) is 15.7 Å². The van der Waals surface area contributed by atoms with Gasteiger partial charge in [-0.05, 0) is 25.0 Å². The SMILES string of the molecule is CS(=O)C1(CNC(=O)c2c[nH]c3c(Cl)cc(Br)cc3c2=O)CCC1. The Morgan fingerprint density at radius 1 is 1.46 bits per heavy atom. The normalized spacial score (nSPS) is 17.3. The molecule has 0 saturated heterocycles. The number of fused-ring (bicyclic) bond motifs is 1. The Kier molecular flexibility index (Phi) is 4.86. The Balaban J connectivity index is 1.89. The molecule has 1 aromatic carbocycles. The molecular formula is C16H16BrClN2O3S. The summed E-state index contributed by atoms with van der Waals surface area (Å²) in [7, 11) is -1.01. The molecular weight excluding hydrogens is 416 g/mol. The van der Waals surface area contributed by atoms with Gasteiger partial charge >= 0.3 is 0 Å². The van der Waals surface area contributed by atoms with E-state index in [4.69, 9.17) is 11.6 Å². The zero-order valence-corrected chi connectivity index (χ0v) is 16.1. The third kappa shape index (κ3) is 3.05. The standard InChI is InChI=1S/C16H16BrClN2O3S/c1-24(23)16(3-2-4-16)8-20-15(22)11-7-19-13-10(14(11)21)5-9(17)6-12(13)18/h5-7H,2-4,8H2,1H3,(H,19,21)(H,20,22). The van der Waals surface area contributed by atoms with E-state index in [1.165, 1.54) is 6.20 Å². The van der Waals surface area contributed by atoms with Crippen LogP contribution >= 0.6 is 27.5 Å². The van der Waals surface area contributed by atoms with Crippen LogP contribution in [0.1, 0.15) is 29.6 Å². The molecule has 0 aliphatic heterocycles. The molecule has 3 rings (SSSR count). The molecule has 1 unspecified atom stereocenters. The number of rotatable bonds is 4. The number of carbonyl (C=O) groups excluding carboxylic acids is 1. The van der Waals surface area contributed by atoms with Crippen molar-refractivity contribution in [2.45, 2.75) is 24.0 Å². The Morgan fingerprint density at radius 3 is 2.75 bits per heavy atom. The zero-order valence-electron chi connectivity index (χ0n) is 12.9. The predicted octanol–water partition coefficient (Wildman–Crippen LogP) is 2.98. The Hall–Kier alpha value is -1.18. The van der Waals surface area contributed by atoms with Crippen LogP contribution in [0.5, 0.6) is 0 Å². The van der Waals surface area contributed by atoms with Gasteiger partial charge in [0.05, 0.1) is 15.3 Å². The topological polar surface area (TPSA) is 79.0 Å². The summed E-state index contributed by atoms with van der Waals surface area (Å²) < 4.78 is 12.2. The van der Waals surface area contributed by atoms with Gasteiger partial charge in [0.1, 0.15) is 5.56 Å². The average Bonchev–Trinajstić information content (AvgIpc) is 2.46. The fourth-order valence-electron chi connectivity index (χ4n) is 2.90. The molecule has 1 aromatic heterocycles. The van der Waals surface area contributed by atoms with Crippen molar-refractivity contribution in [2.75, 3.05) is 12.8 Å². The number of pyridine rings is 1. The Morgan fingerprint density at radius 2 is 2.17 bits per heavy atom. The van der Waals surface area contributed by atoms with Gasteiger partial charge in [-0.3, -0.25) is 13.8 Å². The maximum absolute atomic E-state index is 12.6. The lowest BCUT2D eigenvalue weighted by atomic mass is 9.84. The number of carbonyl (C=O) groups is 1. The van der Waals surface area contributed by atoms with E-state index in [1.807, 2.05) is 0 Å². The van der Waals surface area contributed by atoms with Crippen LogP contribution in [0.4, 0.5) is 0 Å². The summed E-state index contributed by atoms with van der Waals surface area (Å²) in [5.41, 5.74) is 0.129. The van der Waals surface area contributed by atoms with Crippen molar-refractivity contribution in [3.8, 4) is 0 Å². The molecule has 0 bridgehead atoms. The van der Waals surface area contributed by atoms with Crippen molar-refractivity contribution in [2.24, 2.45) is 0 Å². The third-order valence-corrected chi connectivity index (χ3v) is 7.12. The number of aromatic amines is 1. The molecule has 2 aromatic rings. The van der Waals surface area contributed by atoms with E-state index in [0.717, 1.165) is 19.3 Å². The number of H-pyrrole nitrogens is 1. The molecule has 1 atom stereocenters. The maximum atomic E-state index is 12.6. The summed E-state index contributed by atoms with van der Waals surface area (Å²) in [5.74, 6) is -0.467. The molecule has 2 N–H and O–H groups in total. The van der Waals surface area contributed by atoms with Crippen molar-refractivity contribution < 1.29 is 9.00 Å². The van der Waals surface area contributed by atoms with Crippen LogP contribution < -0.4 is 10.7 Å². The molecule has 1 aliphatic rings. The fraction of sp³-hybridized carbons (Fsp3) is 0.375. The first-order chi connectivity index (χ1) is 11.3. The molecule has 0 radical (unpaired) electrons. The summed E-state index contributed by atoms with van der Waals surface area (Å²) in [6, 6.07) is 3.31. The minimum atomic E-state index is -1.01. The monoisotopic (exact) mass is 430 g/mol. The largest absolute Gasteiger partial charge is 0.359 e. The van der Waals surface area contributed by atoms with Crippen molar-refractivity contribution in [1.29, 1.82) is 0 Å². The van der Waals surface area contributed by atoms with Crippen molar-refractivity contribution in [1.82, 2.24) is 10.3 Å². The van der Waals surface area contributed by atoms with Crippen molar-refractivity contribution in [3.63, 3.8) is 0 Å². The quantitative estimate of drug-likeness (QED) is 0.781. The molecule has 1 fully saturated rings. The van der Waals surface area contributed by atoms with Crippen LogP contribution in [0.2, 0.25) is 5.02 Å². The van der Waals surface area contributed by atoms with Gasteiger partial charge in [-0.2, -0.15) is 0 Å². The van der Waals surface area contributed by atoms with E-state index >= 15 is 0 Å². The number of hydrogen-bond acceptors (Lipinski definition) is 3. The predicted molar refractivity (Wildman–Crippen MR) is 100 cm³/mol. The minimum Gasteiger partial charge on any atom is -0.359 e. The summed E-state index contributed by atoms with van der Waals surface area (Å²) >= 11 is 9.41. The van der Waals surface area contributed by atoms with Crippen LogP contribution in [0, 0.1) is 0 Å². The van der Waals surface area contributed by atoms with Gasteiger partial charge in [0, 0.05) is 39.7 Å². The van der Waals surface area contributed by atoms with Crippen LogP contribution in [0.25, 0.3) is 10.9 Å². The highest BCUT2D eigenvalue weighted by molar-refractivity contribution is 9.10. The Bertz CT molecular complexity index is 908. The lowest BCUT2D eigenvalue weighted by Crippen LogP contribution is -2.51. The lowest BCUT2D eigenvalue weighted by molar-refractivity contribution is 0.0942. The van der Waals surface area contributed by atoms with E-state index in [2.05, 4.69) is 26.2 Å². The van der Waals surface area contributed by atoms with Crippen LogP contribution in [-0.4, -0.2) is 32.6 Å². The number of aromatic nitrogens is 1. The molecule has 1 saturated carbocycles. The highest BCUT2D eigenvalue weighted by atomic mass is 79.9. The van der Waals surface area contributed by atoms with Gasteiger partial charge in [-0.15, -0.1) is 0 Å². The molecule has 1 heterocycles. The first-order valence-electron chi connectivity index (χ1n) is 7.46. The average molecular weight is 432 g/mol. The van der Waals surface area contributed by atoms with Gasteiger partial charge in [-0.1, -0.05) is 34.0 Å². The summed E-state index contributed by atoms with van der Waals surface area (Å²) in [5, 5.41) is 3.51. The Labute approximate surface area is 154 Å². The third-order valence-electron chi connectivity index (χ3n) is 4.60. The molecule has 0 spiro atoms. The lowest BCUT2D eigenvalue weighted by Gasteiger charge is -2.39. The minimum absolute atomic E-state index is 0.0213. The maximum Gasteiger partial charge on any atom is 0.256 e. The van der Waals surface area contributed by atoms with Gasteiger partial charge in [0.25, 0.3) is 5.91 Å². The van der Waals surface area contributed by atoms with E-state index in [0.29, 0.717) is 26.9 Å². The first kappa shape index (κ1) is 17.6. The smallest absolute Gasteiger partial charge is 0.256 e. The van der Waals surface area contributed by atoms with E-state index in [9.17, 15) is 13.8 Å². The number of nitrogens with one attached hydrogen (secondary N) is 2. The molecule has 8 heteroatoms. The van der Waals surface area contributed by atoms with E-state index < -0.39 is 16.7 Å². The molecule has 5 nitrogen and oxygen atoms in total. The molecule has 24 heavy (non-hydrogen) atoms. The number of halogens is 2. The van der Waals surface area contributed by atoms with E-state index in [1.54, 1.807) is 18.4 Å². The van der Waals surface area contributed by atoms with Crippen LogP contribution in [0.15, 0.2) is 27.6 Å². The molecule has 1 aliphatic carbocycles. The first-order valence-corrected chi connectivity index (χ1v) is 10.2. The van der Waals surface area contributed by atoms with Crippen molar-refractivity contribution in [3.05, 3.63) is 43.6 Å². The second-order valence-corrected chi connectivity index (χ2v) is 9.11. The van der Waals surface area contributed by atoms with Gasteiger partial charge in [0.2, 0.25) is 5.43 Å². The summed E-state index contributed by atoms with van der Waals surface area (Å²) in [4.78, 5) is 27.9. The second kappa shape index (κ2) is 6.61. The van der Waals surface area contributed by atoms with Crippen molar-refractivity contribution >= 4 is 55.1 Å². The highest BCUT2D eigenvalue weighted by Gasteiger charge is 2.41. The zero-order chi connectivity index (χ0) is 17.5. The second-order valence-electron chi connectivity index (χ2n) is 6.02. The number of benzene rings is 1. The highest BCUT2D eigenvalue weighted by Crippen LogP contribution is 2.36. The van der Waals surface area contributed by atoms with Gasteiger partial charge in [-0.25, -0.2) is 0 Å². The number of amides is 1. The summed E-state index contributed by atoms with van der Waals surface area (Å²) in [6.45, 7) is 0.311. The van der Waals surface area contributed by atoms with Crippen LogP contribution in [0.3, 0.4) is 0 Å². The number of hydrogen-bond donors (Lipinski definition) is 2. The van der Waals surface area contributed by atoms with Gasteiger partial charge < -0.3 is 10.3 Å². The van der Waals surface area contributed by atoms with Crippen LogP contribution in [-0.2, 0) is 10.8 Å². The molecule has 1 amide bonds. The molecule has 128 valence electrons. The summed E-state index contributed by atoms with van der Waals surface area (Å²) in [6.07, 6.45) is 5.70. The van der Waals surface area contributed by atoms with Gasteiger partial charge in [0.15, 0.2) is 0 Å². The fourth-order valence-corrected chi connectivity index (χ4v) is 4.90.